The van der Waals surface area contributed by atoms with Crippen molar-refractivity contribution in [1.29, 1.82) is 0 Å². The average Bonchev–Trinajstić information content (AvgIpc) is 2.00. The van der Waals surface area contributed by atoms with E-state index in [2.05, 4.69) is 4.74 Å². The van der Waals surface area contributed by atoms with Crippen molar-refractivity contribution in [3.8, 4) is 0 Å². The molecule has 0 amide bonds. The normalized spacial score (nSPS) is 12.0. The van der Waals surface area contributed by atoms with Crippen molar-refractivity contribution in [2.24, 2.45) is 0 Å². The molecule has 12 heavy (non-hydrogen) atoms. The van der Waals surface area contributed by atoms with Crippen LogP contribution in [-0.4, -0.2) is 17.9 Å². The lowest BCUT2D eigenvalue weighted by molar-refractivity contribution is 0.101. The van der Waals surface area contributed by atoms with E-state index in [1.54, 1.807) is 0 Å². The molecule has 0 aromatic carbocycles. The molecule has 0 aliphatic rings. The highest BCUT2D eigenvalue weighted by molar-refractivity contribution is 6.25. The van der Waals surface area contributed by atoms with E-state index in [0.717, 1.165) is 6.08 Å². The summed E-state index contributed by atoms with van der Waals surface area (Å²) in [6.07, 6.45) is 1.05. The third-order valence-electron chi connectivity index (χ3n) is 0.914. The van der Waals surface area contributed by atoms with Gasteiger partial charge in [0, 0.05) is 12.0 Å². The second kappa shape index (κ2) is 6.67. The number of carboxylic acid groups (broad SMARTS) is 1. The number of halogens is 2. The Morgan fingerprint density at radius 2 is 2.33 bits per heavy atom. The van der Waals surface area contributed by atoms with Crippen molar-refractivity contribution in [2.45, 2.75) is 6.42 Å². The molecule has 5 heteroatoms. The van der Waals surface area contributed by atoms with Crippen molar-refractivity contribution in [1.82, 2.24) is 0 Å². The molecular formula is C7H8ClFO3. The summed E-state index contributed by atoms with van der Waals surface area (Å²) in [4.78, 5) is 9.79. The van der Waals surface area contributed by atoms with Crippen LogP contribution in [0.25, 0.3) is 0 Å². The summed E-state index contributed by atoms with van der Waals surface area (Å²) in [7, 11) is 0. The Kier molecular flexibility index (Phi) is 6.09. The molecule has 0 unspecified atom stereocenters. The number of carbonyl (C=O) groups is 1. The van der Waals surface area contributed by atoms with Gasteiger partial charge in [0.15, 0.2) is 0 Å². The molecule has 0 radical (unpaired) electrons. The zero-order valence-corrected chi connectivity index (χ0v) is 6.92. The lowest BCUT2D eigenvalue weighted by Gasteiger charge is -1.93. The number of ether oxygens (including phenoxy) is 1. The summed E-state index contributed by atoms with van der Waals surface area (Å²) < 4.78 is 16.6. The maximum Gasteiger partial charge on any atom is 0.506 e. The van der Waals surface area contributed by atoms with Crippen LogP contribution < -0.4 is 0 Å². The van der Waals surface area contributed by atoms with Gasteiger partial charge < -0.3 is 9.84 Å². The predicted molar refractivity (Wildman–Crippen MR) is 42.8 cm³/mol. The first-order valence-corrected chi connectivity index (χ1v) is 3.56. The molecule has 0 spiro atoms. The Morgan fingerprint density at radius 3 is 2.83 bits per heavy atom. The second-order valence-corrected chi connectivity index (χ2v) is 2.05. The van der Waals surface area contributed by atoms with E-state index in [0.29, 0.717) is 0 Å². The molecule has 0 heterocycles. The van der Waals surface area contributed by atoms with Crippen molar-refractivity contribution >= 4 is 17.8 Å². The van der Waals surface area contributed by atoms with Gasteiger partial charge in [-0.1, -0.05) is 17.7 Å². The molecule has 0 aromatic heterocycles. The van der Waals surface area contributed by atoms with Crippen molar-refractivity contribution in [3.05, 3.63) is 23.5 Å². The number of hydrogen-bond acceptors (Lipinski definition) is 2. The molecule has 0 aliphatic carbocycles. The molecule has 0 aliphatic heterocycles. The van der Waals surface area contributed by atoms with Crippen molar-refractivity contribution < 1.29 is 19.0 Å². The zero-order valence-electron chi connectivity index (χ0n) is 6.17. The van der Waals surface area contributed by atoms with Crippen molar-refractivity contribution in [3.63, 3.8) is 0 Å². The summed E-state index contributed by atoms with van der Waals surface area (Å²) in [5.41, 5.74) is 1.19. The van der Waals surface area contributed by atoms with Crippen LogP contribution in [0.5, 0.6) is 0 Å². The Morgan fingerprint density at radius 1 is 1.67 bits per heavy atom. The number of hydrogen-bond donors (Lipinski definition) is 1. The topological polar surface area (TPSA) is 46.5 Å². The minimum Gasteiger partial charge on any atom is -0.450 e. The minimum atomic E-state index is -1.42. The van der Waals surface area contributed by atoms with Gasteiger partial charge in [0.05, 0.1) is 0 Å². The number of allylic oxidation sites excluding steroid dienone is 2. The van der Waals surface area contributed by atoms with E-state index < -0.39 is 12.0 Å². The Labute approximate surface area is 74.1 Å². The average molecular weight is 195 g/mol. The van der Waals surface area contributed by atoms with Gasteiger partial charge in [0.2, 0.25) is 0 Å². The van der Waals surface area contributed by atoms with E-state index in [1.807, 2.05) is 0 Å². The lowest BCUT2D eigenvalue weighted by atomic mass is 10.3. The molecule has 0 saturated heterocycles. The van der Waals surface area contributed by atoms with Crippen LogP contribution in [0.4, 0.5) is 9.18 Å². The maximum atomic E-state index is 12.5. The Hall–Kier alpha value is -1.03. The molecule has 3 nitrogen and oxygen atoms in total. The van der Waals surface area contributed by atoms with Gasteiger partial charge in [-0.25, -0.2) is 9.18 Å². The monoisotopic (exact) mass is 194 g/mol. The molecule has 0 atom stereocenters. The standard InChI is InChI=1S/C7H8ClFO3/c8-4-1-2-6(9)3-5-12-7(10)11/h1,3-4H,2,5H2,(H,10,11). The fraction of sp³-hybridized carbons (Fsp3) is 0.286. The van der Waals surface area contributed by atoms with Gasteiger partial charge >= 0.3 is 6.16 Å². The first kappa shape index (κ1) is 11.0. The summed E-state index contributed by atoms with van der Waals surface area (Å²) in [5, 5.41) is 7.99. The summed E-state index contributed by atoms with van der Waals surface area (Å²) in [6, 6.07) is 0. The molecular weight excluding hydrogens is 187 g/mol. The molecule has 0 fully saturated rings. The van der Waals surface area contributed by atoms with E-state index >= 15 is 0 Å². The third kappa shape index (κ3) is 7.08. The molecule has 0 saturated carbocycles. The SMILES string of the molecule is O=C(O)OCC=C(F)CC=CCl. The van der Waals surface area contributed by atoms with Crippen molar-refractivity contribution in [2.75, 3.05) is 6.61 Å². The van der Waals surface area contributed by atoms with Gasteiger partial charge in [-0.05, 0) is 6.08 Å². The summed E-state index contributed by atoms with van der Waals surface area (Å²) in [5.74, 6) is -0.479. The highest BCUT2D eigenvalue weighted by Crippen LogP contribution is 2.03. The Balaban J connectivity index is 3.61. The second-order valence-electron chi connectivity index (χ2n) is 1.79. The van der Waals surface area contributed by atoms with Crippen LogP contribution in [0.3, 0.4) is 0 Å². The van der Waals surface area contributed by atoms with E-state index in [4.69, 9.17) is 16.7 Å². The van der Waals surface area contributed by atoms with Gasteiger partial charge in [-0.2, -0.15) is 0 Å². The van der Waals surface area contributed by atoms with Gasteiger partial charge in [-0.15, -0.1) is 0 Å². The fourth-order valence-corrected chi connectivity index (χ4v) is 0.533. The minimum absolute atomic E-state index is 0.0481. The third-order valence-corrected chi connectivity index (χ3v) is 1.09. The van der Waals surface area contributed by atoms with Crippen LogP contribution >= 0.6 is 11.6 Å². The summed E-state index contributed by atoms with van der Waals surface area (Å²) in [6.45, 7) is -0.280. The predicted octanol–water partition coefficient (Wildman–Crippen LogP) is 2.68. The quantitative estimate of drug-likeness (QED) is 0.700. The maximum absolute atomic E-state index is 12.5. The largest absolute Gasteiger partial charge is 0.506 e. The van der Waals surface area contributed by atoms with Crippen LogP contribution in [0, 0.1) is 0 Å². The van der Waals surface area contributed by atoms with Crippen LogP contribution in [0.2, 0.25) is 0 Å². The van der Waals surface area contributed by atoms with E-state index in [1.165, 1.54) is 11.6 Å². The van der Waals surface area contributed by atoms with Crippen LogP contribution in [0.15, 0.2) is 23.5 Å². The van der Waals surface area contributed by atoms with Gasteiger partial charge in [0.25, 0.3) is 0 Å². The smallest absolute Gasteiger partial charge is 0.450 e. The molecule has 0 bridgehead atoms. The first-order valence-electron chi connectivity index (χ1n) is 3.12. The molecule has 68 valence electrons. The van der Waals surface area contributed by atoms with E-state index in [9.17, 15) is 9.18 Å². The highest BCUT2D eigenvalue weighted by atomic mass is 35.5. The number of rotatable bonds is 4. The summed E-state index contributed by atoms with van der Waals surface area (Å²) >= 11 is 5.13. The highest BCUT2D eigenvalue weighted by Gasteiger charge is 1.94. The first-order chi connectivity index (χ1) is 5.66. The van der Waals surface area contributed by atoms with Gasteiger partial charge in [-0.3, -0.25) is 0 Å². The molecule has 0 aromatic rings. The molecule has 0 rings (SSSR count). The molecule has 1 N–H and O–H groups in total. The fourth-order valence-electron chi connectivity index (χ4n) is 0.444. The van der Waals surface area contributed by atoms with Crippen LogP contribution in [-0.2, 0) is 4.74 Å². The van der Waals surface area contributed by atoms with E-state index in [-0.39, 0.29) is 13.0 Å². The Bertz CT molecular complexity index is 201. The lowest BCUT2D eigenvalue weighted by Crippen LogP contribution is -1.99. The van der Waals surface area contributed by atoms with Crippen LogP contribution in [0.1, 0.15) is 6.42 Å². The zero-order chi connectivity index (χ0) is 9.40. The van der Waals surface area contributed by atoms with Gasteiger partial charge in [0.1, 0.15) is 12.4 Å².